The van der Waals surface area contributed by atoms with Crippen LogP contribution in [0.25, 0.3) is 5.65 Å². The van der Waals surface area contributed by atoms with E-state index in [4.69, 9.17) is 10.5 Å². The van der Waals surface area contributed by atoms with E-state index >= 15 is 0 Å². The van der Waals surface area contributed by atoms with Gasteiger partial charge in [0.15, 0.2) is 11.5 Å². The number of imidazole rings is 1. The molecule has 30 heavy (non-hydrogen) atoms. The molecule has 4 rings (SSSR count). The molecule has 9 heteroatoms. The Balaban J connectivity index is 1.60. The zero-order valence-corrected chi connectivity index (χ0v) is 16.7. The molecule has 1 fully saturated rings. The molecule has 0 saturated heterocycles. The lowest BCUT2D eigenvalue weighted by Crippen LogP contribution is -2.22. The minimum Gasteiger partial charge on any atom is -0.496 e. The first-order chi connectivity index (χ1) is 14.5. The number of aliphatic imine (C=N–C) groups is 1. The Morgan fingerprint density at radius 2 is 2.30 bits per heavy atom. The van der Waals surface area contributed by atoms with Crippen LogP contribution in [0.1, 0.15) is 41.6 Å². The van der Waals surface area contributed by atoms with Crippen molar-refractivity contribution >= 4 is 29.3 Å². The zero-order chi connectivity index (χ0) is 21.1. The lowest BCUT2D eigenvalue weighted by molar-refractivity contribution is 0.102. The van der Waals surface area contributed by atoms with Gasteiger partial charge in [-0.05, 0) is 43.9 Å². The molecule has 0 radical (unpaired) electrons. The van der Waals surface area contributed by atoms with Crippen LogP contribution in [0.5, 0.6) is 5.75 Å². The van der Waals surface area contributed by atoms with Gasteiger partial charge in [-0.25, -0.2) is 4.98 Å². The van der Waals surface area contributed by atoms with Gasteiger partial charge in [0, 0.05) is 29.7 Å². The number of anilines is 2. The summed E-state index contributed by atoms with van der Waals surface area (Å²) in [6.07, 6.45) is 7.85. The van der Waals surface area contributed by atoms with Crippen LogP contribution in [-0.2, 0) is 0 Å². The summed E-state index contributed by atoms with van der Waals surface area (Å²) in [7, 11) is 1.48. The van der Waals surface area contributed by atoms with Gasteiger partial charge in [0.2, 0.25) is 0 Å². The largest absolute Gasteiger partial charge is 0.496 e. The average Bonchev–Trinajstić information content (AvgIpc) is 3.15. The Bertz CT molecular complexity index is 1090. The van der Waals surface area contributed by atoms with Gasteiger partial charge in [-0.2, -0.15) is 9.61 Å². The SMILES string of the molecule is COc1cc(N)c(C=NC2CCCC(O)C2)cc1C(=O)Nc1cnc2cccnn12. The number of amides is 1. The zero-order valence-electron chi connectivity index (χ0n) is 16.7. The summed E-state index contributed by atoms with van der Waals surface area (Å²) in [6.45, 7) is 0. The molecule has 2 heterocycles. The number of nitrogens with one attached hydrogen (secondary N) is 1. The Labute approximate surface area is 173 Å². The summed E-state index contributed by atoms with van der Waals surface area (Å²) >= 11 is 0. The van der Waals surface area contributed by atoms with Crippen molar-refractivity contribution in [1.29, 1.82) is 0 Å². The van der Waals surface area contributed by atoms with Gasteiger partial charge in [-0.1, -0.05) is 0 Å². The first-order valence-corrected chi connectivity index (χ1v) is 9.84. The molecule has 2 aromatic heterocycles. The van der Waals surface area contributed by atoms with E-state index in [0.29, 0.717) is 40.4 Å². The highest BCUT2D eigenvalue weighted by atomic mass is 16.5. The van der Waals surface area contributed by atoms with Crippen molar-refractivity contribution < 1.29 is 14.6 Å². The Morgan fingerprint density at radius 3 is 3.10 bits per heavy atom. The highest BCUT2D eigenvalue weighted by Gasteiger charge is 2.20. The quantitative estimate of drug-likeness (QED) is 0.439. The van der Waals surface area contributed by atoms with Crippen LogP contribution < -0.4 is 15.8 Å². The molecule has 156 valence electrons. The molecule has 0 spiro atoms. The second kappa shape index (κ2) is 8.50. The second-order valence-electron chi connectivity index (χ2n) is 7.33. The van der Waals surface area contributed by atoms with Crippen molar-refractivity contribution in [1.82, 2.24) is 14.6 Å². The average molecular weight is 408 g/mol. The molecule has 2 atom stereocenters. The predicted octanol–water partition coefficient (Wildman–Crippen LogP) is 2.29. The number of hydrogen-bond donors (Lipinski definition) is 3. The number of rotatable bonds is 5. The van der Waals surface area contributed by atoms with Gasteiger partial charge in [0.05, 0.1) is 31.0 Å². The first-order valence-electron chi connectivity index (χ1n) is 9.84. The number of aliphatic hydroxyl groups is 1. The monoisotopic (exact) mass is 408 g/mol. The standard InChI is InChI=1S/C21H24N6O3/c1-30-18-10-17(22)13(11-23-14-4-2-5-15(28)9-14)8-16(18)21(29)26-20-12-24-19-6-3-7-25-27(19)20/h3,6-8,10-12,14-15,28H,2,4-5,9,22H2,1H3,(H,26,29). The molecule has 1 amide bonds. The van der Waals surface area contributed by atoms with Gasteiger partial charge in [-0.3, -0.25) is 9.79 Å². The highest BCUT2D eigenvalue weighted by Crippen LogP contribution is 2.27. The van der Waals surface area contributed by atoms with Crippen LogP contribution in [0.3, 0.4) is 0 Å². The Morgan fingerprint density at radius 1 is 1.43 bits per heavy atom. The van der Waals surface area contributed by atoms with Crippen molar-refractivity contribution in [3.05, 3.63) is 47.8 Å². The minimum absolute atomic E-state index is 0.0526. The maximum absolute atomic E-state index is 13.0. The molecule has 4 N–H and O–H groups in total. The fourth-order valence-electron chi connectivity index (χ4n) is 3.63. The van der Waals surface area contributed by atoms with Crippen molar-refractivity contribution in [2.24, 2.45) is 4.99 Å². The second-order valence-corrected chi connectivity index (χ2v) is 7.33. The summed E-state index contributed by atoms with van der Waals surface area (Å²) in [5, 5.41) is 16.8. The lowest BCUT2D eigenvalue weighted by atomic mass is 9.93. The molecule has 1 saturated carbocycles. The number of carbonyl (C=O) groups excluding carboxylic acids is 1. The maximum atomic E-state index is 13.0. The number of ether oxygens (including phenoxy) is 1. The topological polar surface area (TPSA) is 127 Å². The van der Waals surface area contributed by atoms with Crippen molar-refractivity contribution in [2.75, 3.05) is 18.2 Å². The summed E-state index contributed by atoms with van der Waals surface area (Å²) < 4.78 is 6.90. The van der Waals surface area contributed by atoms with Crippen LogP contribution in [-0.4, -0.2) is 51.1 Å². The van der Waals surface area contributed by atoms with E-state index < -0.39 is 0 Å². The van der Waals surface area contributed by atoms with Crippen molar-refractivity contribution in [3.63, 3.8) is 0 Å². The van der Waals surface area contributed by atoms with E-state index in [-0.39, 0.29) is 18.1 Å². The van der Waals surface area contributed by atoms with Gasteiger partial charge < -0.3 is 20.9 Å². The molecule has 9 nitrogen and oxygen atoms in total. The third kappa shape index (κ3) is 4.11. The van der Waals surface area contributed by atoms with Crippen LogP contribution >= 0.6 is 0 Å². The Hall–Kier alpha value is -3.46. The fraction of sp³-hybridized carbons (Fsp3) is 0.333. The predicted molar refractivity (Wildman–Crippen MR) is 114 cm³/mol. The van der Waals surface area contributed by atoms with E-state index in [9.17, 15) is 9.90 Å². The number of methoxy groups -OCH3 is 1. The number of nitrogens with two attached hydrogens (primary N) is 1. The number of fused-ring (bicyclic) bond motifs is 1. The lowest BCUT2D eigenvalue weighted by Gasteiger charge is -2.22. The number of nitrogen functional groups attached to an aromatic ring is 1. The Kier molecular flexibility index (Phi) is 5.62. The number of benzene rings is 1. The molecule has 1 aromatic carbocycles. The highest BCUT2D eigenvalue weighted by molar-refractivity contribution is 6.07. The number of nitrogens with zero attached hydrogens (tertiary/aromatic N) is 4. The molecular formula is C21H24N6O3. The van der Waals surface area contributed by atoms with Crippen molar-refractivity contribution in [2.45, 2.75) is 37.8 Å². The minimum atomic E-state index is -0.373. The molecule has 0 aliphatic heterocycles. The number of aliphatic hydroxyl groups excluding tert-OH is 1. The van der Waals surface area contributed by atoms with E-state index in [1.807, 2.05) is 0 Å². The van der Waals surface area contributed by atoms with E-state index in [1.54, 1.807) is 47.4 Å². The summed E-state index contributed by atoms with van der Waals surface area (Å²) in [6, 6.07) is 6.88. The summed E-state index contributed by atoms with van der Waals surface area (Å²) in [5.41, 5.74) is 8.17. The van der Waals surface area contributed by atoms with Gasteiger partial charge >= 0.3 is 0 Å². The number of carbonyl (C=O) groups is 1. The maximum Gasteiger partial charge on any atom is 0.260 e. The first kappa shape index (κ1) is 19.8. The van der Waals surface area contributed by atoms with Crippen LogP contribution in [0.2, 0.25) is 0 Å². The third-order valence-electron chi connectivity index (χ3n) is 5.21. The van der Waals surface area contributed by atoms with E-state index in [1.165, 1.54) is 7.11 Å². The smallest absolute Gasteiger partial charge is 0.260 e. The third-order valence-corrected chi connectivity index (χ3v) is 5.21. The van der Waals surface area contributed by atoms with Gasteiger partial charge in [0.1, 0.15) is 5.75 Å². The normalized spacial score (nSPS) is 19.3. The summed E-state index contributed by atoms with van der Waals surface area (Å²) in [5.74, 6) is 0.431. The van der Waals surface area contributed by atoms with Crippen molar-refractivity contribution in [3.8, 4) is 5.75 Å². The molecule has 1 aliphatic rings. The van der Waals surface area contributed by atoms with Gasteiger partial charge in [-0.15, -0.1) is 0 Å². The molecular weight excluding hydrogens is 384 g/mol. The summed E-state index contributed by atoms with van der Waals surface area (Å²) in [4.78, 5) is 21.8. The van der Waals surface area contributed by atoms with Crippen LogP contribution in [0, 0.1) is 0 Å². The number of aromatic nitrogens is 3. The van der Waals surface area contributed by atoms with Crippen LogP contribution in [0.4, 0.5) is 11.5 Å². The molecule has 3 aromatic rings. The van der Waals surface area contributed by atoms with E-state index in [0.717, 1.165) is 19.3 Å². The van der Waals surface area contributed by atoms with Gasteiger partial charge in [0.25, 0.3) is 5.91 Å². The molecule has 2 unspecified atom stereocenters. The van der Waals surface area contributed by atoms with Crippen LogP contribution in [0.15, 0.2) is 41.7 Å². The molecule has 0 bridgehead atoms. The van der Waals surface area contributed by atoms with E-state index in [2.05, 4.69) is 20.4 Å². The molecule has 1 aliphatic carbocycles. The fourth-order valence-corrected chi connectivity index (χ4v) is 3.63. The number of hydrogen-bond acceptors (Lipinski definition) is 7.